The first-order chi connectivity index (χ1) is 7.36. The van der Waals surface area contributed by atoms with Crippen molar-refractivity contribution in [2.45, 2.75) is 32.1 Å². The Hall–Kier alpha value is -1.32. The summed E-state index contributed by atoms with van der Waals surface area (Å²) < 4.78 is 4.77. The predicted octanol–water partition coefficient (Wildman–Crippen LogP) is 1.98. The van der Waals surface area contributed by atoms with Crippen LogP contribution in [0.5, 0.6) is 0 Å². The summed E-state index contributed by atoms with van der Waals surface area (Å²) in [5.74, 6) is 0.787. The van der Waals surface area contributed by atoms with Crippen molar-refractivity contribution < 1.29 is 9.32 Å². The lowest BCUT2D eigenvalue weighted by atomic mass is 9.89. The van der Waals surface area contributed by atoms with Crippen molar-refractivity contribution >= 4 is 5.91 Å². The molecule has 0 bridgehead atoms. The molecule has 15 heavy (non-hydrogen) atoms. The second kappa shape index (κ2) is 4.96. The van der Waals surface area contributed by atoms with Crippen molar-refractivity contribution in [3.8, 4) is 0 Å². The number of nitrogens with one attached hydrogen (secondary N) is 1. The minimum atomic E-state index is -0.155. The van der Waals surface area contributed by atoms with Gasteiger partial charge in [0.25, 0.3) is 5.91 Å². The van der Waals surface area contributed by atoms with Gasteiger partial charge in [0.15, 0.2) is 0 Å². The highest BCUT2D eigenvalue weighted by atomic mass is 16.5. The van der Waals surface area contributed by atoms with E-state index in [4.69, 9.17) is 4.52 Å². The Bertz CT molecular complexity index is 302. The minimum Gasteiger partial charge on any atom is -0.351 e. The maximum absolute atomic E-state index is 11.5. The summed E-state index contributed by atoms with van der Waals surface area (Å²) in [6.07, 6.45) is 7.88. The highest BCUT2D eigenvalue weighted by Gasteiger charge is 2.15. The Labute approximate surface area is 89.0 Å². The maximum atomic E-state index is 11.5. The fourth-order valence-electron chi connectivity index (χ4n) is 2.05. The summed E-state index contributed by atoms with van der Waals surface area (Å²) in [4.78, 5) is 11.5. The molecular formula is C11H16N2O2. The van der Waals surface area contributed by atoms with Gasteiger partial charge in [-0.15, -0.1) is 0 Å². The van der Waals surface area contributed by atoms with Gasteiger partial charge in [-0.25, -0.2) is 0 Å². The van der Waals surface area contributed by atoms with Crippen molar-refractivity contribution in [2.24, 2.45) is 5.92 Å². The lowest BCUT2D eigenvalue weighted by molar-refractivity contribution is 0.0906. The molecule has 1 N–H and O–H groups in total. The maximum Gasteiger partial charge on any atom is 0.289 e. The zero-order valence-electron chi connectivity index (χ0n) is 8.74. The van der Waals surface area contributed by atoms with Crippen LogP contribution in [0, 0.1) is 5.92 Å². The second-order valence-corrected chi connectivity index (χ2v) is 4.09. The molecule has 0 radical (unpaired) electrons. The van der Waals surface area contributed by atoms with Crippen LogP contribution in [-0.4, -0.2) is 17.6 Å². The van der Waals surface area contributed by atoms with Gasteiger partial charge in [-0.2, -0.15) is 0 Å². The highest BCUT2D eigenvalue weighted by molar-refractivity contribution is 5.91. The van der Waals surface area contributed by atoms with Crippen LogP contribution in [0.25, 0.3) is 0 Å². The Morgan fingerprint density at radius 1 is 1.47 bits per heavy atom. The summed E-state index contributed by atoms with van der Waals surface area (Å²) in [7, 11) is 0. The van der Waals surface area contributed by atoms with Gasteiger partial charge in [0.1, 0.15) is 0 Å². The third-order valence-corrected chi connectivity index (χ3v) is 2.94. The van der Waals surface area contributed by atoms with Crippen LogP contribution in [0.2, 0.25) is 0 Å². The quantitative estimate of drug-likeness (QED) is 0.826. The van der Waals surface area contributed by atoms with Crippen LogP contribution in [0.1, 0.15) is 42.7 Å². The van der Waals surface area contributed by atoms with Gasteiger partial charge in [0, 0.05) is 12.6 Å². The van der Waals surface area contributed by atoms with Crippen LogP contribution >= 0.6 is 0 Å². The van der Waals surface area contributed by atoms with Gasteiger partial charge in [0.2, 0.25) is 5.76 Å². The van der Waals surface area contributed by atoms with Crippen molar-refractivity contribution in [2.75, 3.05) is 6.54 Å². The molecule has 1 aliphatic carbocycles. The summed E-state index contributed by atoms with van der Waals surface area (Å²) in [5, 5.41) is 6.38. The van der Waals surface area contributed by atoms with E-state index in [0.717, 1.165) is 6.54 Å². The molecule has 0 atom stereocenters. The summed E-state index contributed by atoms with van der Waals surface area (Å²) in [6, 6.07) is 1.58. The van der Waals surface area contributed by atoms with Crippen LogP contribution < -0.4 is 5.32 Å². The molecule has 1 heterocycles. The Morgan fingerprint density at radius 2 is 2.27 bits per heavy atom. The Balaban J connectivity index is 1.75. The van der Waals surface area contributed by atoms with Crippen LogP contribution in [0.15, 0.2) is 16.8 Å². The molecule has 0 unspecified atom stereocenters. The van der Waals surface area contributed by atoms with E-state index in [1.54, 1.807) is 6.07 Å². The van der Waals surface area contributed by atoms with E-state index in [0.29, 0.717) is 11.7 Å². The van der Waals surface area contributed by atoms with E-state index in [1.807, 2.05) is 0 Å². The van der Waals surface area contributed by atoms with Crippen LogP contribution in [-0.2, 0) is 0 Å². The standard InChI is InChI=1S/C11H16N2O2/c14-11(10-6-7-13-15-10)12-8-9-4-2-1-3-5-9/h6-7,9H,1-5,8H2,(H,12,14). The number of amides is 1. The highest BCUT2D eigenvalue weighted by Crippen LogP contribution is 2.22. The van der Waals surface area contributed by atoms with Crippen molar-refractivity contribution in [3.05, 3.63) is 18.0 Å². The molecule has 0 aromatic carbocycles. The molecule has 1 aliphatic rings. The molecule has 4 nitrogen and oxygen atoms in total. The molecule has 0 spiro atoms. The Morgan fingerprint density at radius 3 is 2.93 bits per heavy atom. The van der Waals surface area contributed by atoms with Crippen LogP contribution in [0.3, 0.4) is 0 Å². The van der Waals surface area contributed by atoms with Crippen LogP contribution in [0.4, 0.5) is 0 Å². The predicted molar refractivity (Wildman–Crippen MR) is 55.4 cm³/mol. The average Bonchev–Trinajstić information content (AvgIpc) is 2.81. The summed E-state index contributed by atoms with van der Waals surface area (Å²) >= 11 is 0. The molecule has 1 aromatic rings. The van der Waals surface area contributed by atoms with E-state index in [2.05, 4.69) is 10.5 Å². The largest absolute Gasteiger partial charge is 0.351 e. The summed E-state index contributed by atoms with van der Waals surface area (Å²) in [5.41, 5.74) is 0. The lowest BCUT2D eigenvalue weighted by Gasteiger charge is -2.21. The van der Waals surface area contributed by atoms with Crippen molar-refractivity contribution in [3.63, 3.8) is 0 Å². The molecule has 1 fully saturated rings. The topological polar surface area (TPSA) is 55.1 Å². The monoisotopic (exact) mass is 208 g/mol. The van der Waals surface area contributed by atoms with E-state index < -0.39 is 0 Å². The van der Waals surface area contributed by atoms with Crippen molar-refractivity contribution in [1.82, 2.24) is 10.5 Å². The normalized spacial score (nSPS) is 17.6. The van der Waals surface area contributed by atoms with Crippen molar-refractivity contribution in [1.29, 1.82) is 0 Å². The third kappa shape index (κ3) is 2.81. The molecule has 82 valence electrons. The number of aromatic nitrogens is 1. The average molecular weight is 208 g/mol. The molecule has 1 saturated carbocycles. The zero-order valence-corrected chi connectivity index (χ0v) is 8.74. The second-order valence-electron chi connectivity index (χ2n) is 4.09. The van der Waals surface area contributed by atoms with E-state index >= 15 is 0 Å². The fraction of sp³-hybridized carbons (Fsp3) is 0.636. The number of hydrogen-bond acceptors (Lipinski definition) is 3. The Kier molecular flexibility index (Phi) is 3.37. The number of nitrogens with zero attached hydrogens (tertiary/aromatic N) is 1. The van der Waals surface area contributed by atoms with Gasteiger partial charge in [-0.05, 0) is 18.8 Å². The first-order valence-electron chi connectivity index (χ1n) is 5.55. The fourth-order valence-corrected chi connectivity index (χ4v) is 2.05. The van der Waals surface area contributed by atoms with Gasteiger partial charge in [-0.3, -0.25) is 4.79 Å². The number of carbonyl (C=O) groups excluding carboxylic acids is 1. The lowest BCUT2D eigenvalue weighted by Crippen LogP contribution is -2.29. The van der Waals surface area contributed by atoms with E-state index in [-0.39, 0.29) is 5.91 Å². The SMILES string of the molecule is O=C(NCC1CCCCC1)c1ccno1. The molecule has 0 saturated heterocycles. The van der Waals surface area contributed by atoms with Gasteiger partial charge >= 0.3 is 0 Å². The van der Waals surface area contributed by atoms with E-state index in [9.17, 15) is 4.79 Å². The molecule has 2 rings (SSSR count). The van der Waals surface area contributed by atoms with Gasteiger partial charge in [0.05, 0.1) is 6.20 Å². The molecule has 1 amide bonds. The first-order valence-corrected chi connectivity index (χ1v) is 5.55. The number of carbonyl (C=O) groups is 1. The first kappa shape index (κ1) is 10.2. The third-order valence-electron chi connectivity index (χ3n) is 2.94. The number of hydrogen-bond donors (Lipinski definition) is 1. The number of rotatable bonds is 3. The van der Waals surface area contributed by atoms with E-state index in [1.165, 1.54) is 38.3 Å². The van der Waals surface area contributed by atoms with Gasteiger partial charge in [-0.1, -0.05) is 24.4 Å². The molecule has 1 aromatic heterocycles. The molecule has 0 aliphatic heterocycles. The van der Waals surface area contributed by atoms with Gasteiger partial charge < -0.3 is 9.84 Å². The zero-order chi connectivity index (χ0) is 10.5. The summed E-state index contributed by atoms with van der Waals surface area (Å²) in [6.45, 7) is 0.763. The smallest absolute Gasteiger partial charge is 0.289 e. The molecule has 4 heteroatoms. The molecular weight excluding hydrogens is 192 g/mol. The minimum absolute atomic E-state index is 0.155.